The summed E-state index contributed by atoms with van der Waals surface area (Å²) in [5.41, 5.74) is -0.235. The van der Waals surface area contributed by atoms with Gasteiger partial charge in [-0.25, -0.2) is 4.39 Å². The maximum atomic E-state index is 13.7. The van der Waals surface area contributed by atoms with Crippen molar-refractivity contribution in [1.29, 1.82) is 0 Å². The molecule has 2 rings (SSSR count). The second kappa shape index (κ2) is 7.32. The Morgan fingerprint density at radius 2 is 1.96 bits per heavy atom. The fourth-order valence-electron chi connectivity index (χ4n) is 3.42. The molecule has 0 aromatic heterocycles. The van der Waals surface area contributed by atoms with E-state index in [0.717, 1.165) is 0 Å². The Morgan fingerprint density at radius 3 is 2.50 bits per heavy atom. The fourth-order valence-corrected chi connectivity index (χ4v) is 3.42. The van der Waals surface area contributed by atoms with Gasteiger partial charge in [-0.05, 0) is 36.8 Å². The van der Waals surface area contributed by atoms with Crippen LogP contribution in [-0.4, -0.2) is 35.0 Å². The molecule has 0 aliphatic carbocycles. The summed E-state index contributed by atoms with van der Waals surface area (Å²) < 4.78 is 13.7. The molecule has 2 unspecified atom stereocenters. The van der Waals surface area contributed by atoms with E-state index in [1.807, 2.05) is 20.8 Å². The lowest BCUT2D eigenvalue weighted by Gasteiger charge is -2.29. The molecule has 1 N–H and O–H groups in total. The number of aryl methyl sites for hydroxylation is 1. The molecule has 0 radical (unpaired) electrons. The highest BCUT2D eigenvalue weighted by Crippen LogP contribution is 2.38. The Hall–Kier alpha value is -1.91. The van der Waals surface area contributed by atoms with Crippen LogP contribution >= 0.6 is 0 Å². The maximum Gasteiger partial charge on any atom is 0.311 e. The summed E-state index contributed by atoms with van der Waals surface area (Å²) in [6.07, 6.45) is 1.55. The molecule has 1 aromatic carbocycles. The molecule has 1 aliphatic heterocycles. The third-order valence-corrected chi connectivity index (χ3v) is 5.37. The number of carbonyl (C=O) groups is 2. The second-order valence-corrected chi connectivity index (χ2v) is 7.16. The summed E-state index contributed by atoms with van der Waals surface area (Å²) in [7, 11) is 0. The predicted molar refractivity (Wildman–Crippen MR) is 90.0 cm³/mol. The van der Waals surface area contributed by atoms with E-state index in [1.165, 1.54) is 6.07 Å². The number of carboxylic acids is 1. The highest BCUT2D eigenvalue weighted by atomic mass is 19.1. The SMILES string of the molecule is CC(CCc1ccccc1F)C(=O)N1CCC(C(=O)O)(C(C)C)C1. The van der Waals surface area contributed by atoms with Gasteiger partial charge in [0.1, 0.15) is 5.82 Å². The van der Waals surface area contributed by atoms with Crippen LogP contribution in [0.5, 0.6) is 0 Å². The van der Waals surface area contributed by atoms with E-state index in [9.17, 15) is 19.1 Å². The zero-order valence-corrected chi connectivity index (χ0v) is 14.6. The van der Waals surface area contributed by atoms with E-state index < -0.39 is 11.4 Å². The first-order valence-corrected chi connectivity index (χ1v) is 8.53. The predicted octanol–water partition coefficient (Wildman–Crippen LogP) is 3.35. The van der Waals surface area contributed by atoms with E-state index in [-0.39, 0.29) is 30.1 Å². The molecule has 2 atom stereocenters. The third-order valence-electron chi connectivity index (χ3n) is 5.37. The lowest BCUT2D eigenvalue weighted by molar-refractivity contribution is -0.151. The van der Waals surface area contributed by atoms with E-state index in [0.29, 0.717) is 31.4 Å². The Morgan fingerprint density at radius 1 is 1.29 bits per heavy atom. The van der Waals surface area contributed by atoms with Crippen LogP contribution in [0.4, 0.5) is 4.39 Å². The number of likely N-dealkylation sites (tertiary alicyclic amines) is 1. The molecule has 4 nitrogen and oxygen atoms in total. The van der Waals surface area contributed by atoms with Crippen LogP contribution in [-0.2, 0) is 16.0 Å². The molecule has 1 heterocycles. The van der Waals surface area contributed by atoms with E-state index in [4.69, 9.17) is 0 Å². The number of carboxylic acid groups (broad SMARTS) is 1. The Labute approximate surface area is 142 Å². The van der Waals surface area contributed by atoms with E-state index in [1.54, 1.807) is 23.1 Å². The van der Waals surface area contributed by atoms with Gasteiger partial charge in [0.25, 0.3) is 0 Å². The molecule has 1 aliphatic rings. The van der Waals surface area contributed by atoms with E-state index in [2.05, 4.69) is 0 Å². The van der Waals surface area contributed by atoms with Crippen LogP contribution in [0, 0.1) is 23.1 Å². The van der Waals surface area contributed by atoms with Crippen LogP contribution in [0.1, 0.15) is 39.2 Å². The number of halogens is 1. The molecular formula is C19H26FNO3. The number of hydrogen-bond acceptors (Lipinski definition) is 2. The summed E-state index contributed by atoms with van der Waals surface area (Å²) in [5, 5.41) is 9.58. The lowest BCUT2D eigenvalue weighted by Crippen LogP contribution is -2.41. The van der Waals surface area contributed by atoms with Gasteiger partial charge in [-0.1, -0.05) is 39.0 Å². The van der Waals surface area contributed by atoms with Crippen molar-refractivity contribution >= 4 is 11.9 Å². The standard InChI is InChI=1S/C19H26FNO3/c1-13(2)19(18(23)24)10-11-21(12-19)17(22)14(3)8-9-15-6-4-5-7-16(15)20/h4-7,13-14H,8-12H2,1-3H3,(H,23,24). The number of nitrogens with zero attached hydrogens (tertiary/aromatic N) is 1. The van der Waals surface area contributed by atoms with Crippen LogP contribution in [0.2, 0.25) is 0 Å². The number of carbonyl (C=O) groups excluding carboxylic acids is 1. The van der Waals surface area contributed by atoms with Crippen LogP contribution in [0.15, 0.2) is 24.3 Å². The minimum absolute atomic E-state index is 0.0264. The molecule has 24 heavy (non-hydrogen) atoms. The van der Waals surface area contributed by atoms with Crippen LogP contribution in [0.25, 0.3) is 0 Å². The quantitative estimate of drug-likeness (QED) is 0.867. The van der Waals surface area contributed by atoms with E-state index >= 15 is 0 Å². The topological polar surface area (TPSA) is 57.6 Å². The number of amides is 1. The van der Waals surface area contributed by atoms with Gasteiger partial charge >= 0.3 is 5.97 Å². The molecule has 0 bridgehead atoms. The van der Waals surface area contributed by atoms with Crippen LogP contribution in [0.3, 0.4) is 0 Å². The van der Waals surface area contributed by atoms with Crippen molar-refractivity contribution in [2.45, 2.75) is 40.0 Å². The maximum absolute atomic E-state index is 13.7. The molecule has 1 fully saturated rings. The van der Waals surface area contributed by atoms with Crippen molar-refractivity contribution in [3.8, 4) is 0 Å². The lowest BCUT2D eigenvalue weighted by atomic mass is 9.76. The number of rotatable bonds is 6. The van der Waals surface area contributed by atoms with Crippen LogP contribution < -0.4 is 0 Å². The van der Waals surface area contributed by atoms with Crippen molar-refractivity contribution in [3.05, 3.63) is 35.6 Å². The molecule has 0 saturated carbocycles. The summed E-state index contributed by atoms with van der Waals surface area (Å²) in [6, 6.07) is 6.59. The summed E-state index contributed by atoms with van der Waals surface area (Å²) in [5.74, 6) is -1.38. The largest absolute Gasteiger partial charge is 0.481 e. The van der Waals surface area contributed by atoms with Gasteiger partial charge in [0.2, 0.25) is 5.91 Å². The number of hydrogen-bond donors (Lipinski definition) is 1. The van der Waals surface area contributed by atoms with Gasteiger partial charge < -0.3 is 10.0 Å². The van der Waals surface area contributed by atoms with Crippen molar-refractivity contribution in [2.75, 3.05) is 13.1 Å². The van der Waals surface area contributed by atoms with Gasteiger partial charge in [0.15, 0.2) is 0 Å². The monoisotopic (exact) mass is 335 g/mol. The van der Waals surface area contributed by atoms with Gasteiger partial charge in [-0.2, -0.15) is 0 Å². The molecular weight excluding hydrogens is 309 g/mol. The van der Waals surface area contributed by atoms with Gasteiger partial charge in [0.05, 0.1) is 5.41 Å². The van der Waals surface area contributed by atoms with Gasteiger partial charge in [0, 0.05) is 19.0 Å². The van der Waals surface area contributed by atoms with Crippen molar-refractivity contribution in [1.82, 2.24) is 4.90 Å². The zero-order valence-electron chi connectivity index (χ0n) is 14.6. The van der Waals surface area contributed by atoms with Gasteiger partial charge in [-0.15, -0.1) is 0 Å². The highest BCUT2D eigenvalue weighted by molar-refractivity contribution is 5.82. The Kier molecular flexibility index (Phi) is 5.62. The first-order chi connectivity index (χ1) is 11.3. The third kappa shape index (κ3) is 3.60. The second-order valence-electron chi connectivity index (χ2n) is 7.16. The molecule has 0 spiro atoms. The van der Waals surface area contributed by atoms with Crippen molar-refractivity contribution < 1.29 is 19.1 Å². The number of benzene rings is 1. The highest BCUT2D eigenvalue weighted by Gasteiger charge is 2.48. The average molecular weight is 335 g/mol. The smallest absolute Gasteiger partial charge is 0.311 e. The van der Waals surface area contributed by atoms with Crippen molar-refractivity contribution in [2.24, 2.45) is 17.3 Å². The number of aliphatic carboxylic acids is 1. The first-order valence-electron chi connectivity index (χ1n) is 8.53. The first kappa shape index (κ1) is 18.4. The van der Waals surface area contributed by atoms with Crippen molar-refractivity contribution in [3.63, 3.8) is 0 Å². The molecule has 1 amide bonds. The fraction of sp³-hybridized carbons (Fsp3) is 0.579. The minimum Gasteiger partial charge on any atom is -0.481 e. The summed E-state index contributed by atoms with van der Waals surface area (Å²) in [4.78, 5) is 26.0. The Bertz CT molecular complexity index is 616. The zero-order chi connectivity index (χ0) is 17.9. The molecule has 5 heteroatoms. The molecule has 1 aromatic rings. The molecule has 132 valence electrons. The summed E-state index contributed by atoms with van der Waals surface area (Å²) >= 11 is 0. The summed E-state index contributed by atoms with van der Waals surface area (Å²) in [6.45, 7) is 6.36. The Balaban J connectivity index is 1.97. The molecule has 1 saturated heterocycles. The minimum atomic E-state index is -0.846. The normalized spacial score (nSPS) is 22.0. The van der Waals surface area contributed by atoms with Gasteiger partial charge in [-0.3, -0.25) is 9.59 Å². The average Bonchev–Trinajstić information content (AvgIpc) is 3.00.